The van der Waals surface area contributed by atoms with Gasteiger partial charge in [0.15, 0.2) is 5.65 Å². The van der Waals surface area contributed by atoms with Crippen LogP contribution >= 0.6 is 23.1 Å². The summed E-state index contributed by atoms with van der Waals surface area (Å²) in [5.74, 6) is 1.10. The number of nitrogen functional groups attached to an aromatic ring is 1. The van der Waals surface area contributed by atoms with Gasteiger partial charge in [0.05, 0.1) is 22.1 Å². The molecule has 0 fully saturated rings. The number of nitrogens with zero attached hydrogens (tertiary/aromatic N) is 4. The fraction of sp³-hybridized carbons (Fsp3) is 0.143. The van der Waals surface area contributed by atoms with Crippen molar-refractivity contribution in [2.75, 3.05) is 23.3 Å². The van der Waals surface area contributed by atoms with Gasteiger partial charge in [-0.1, -0.05) is 0 Å². The van der Waals surface area contributed by atoms with Gasteiger partial charge in [-0.05, 0) is 18.2 Å². The fourth-order valence-corrected chi connectivity index (χ4v) is 3.80. The molecule has 0 saturated carbocycles. The van der Waals surface area contributed by atoms with Gasteiger partial charge in [-0.2, -0.15) is 4.98 Å². The van der Waals surface area contributed by atoms with Crippen LogP contribution in [0.4, 0.5) is 11.6 Å². The summed E-state index contributed by atoms with van der Waals surface area (Å²) in [5.41, 5.74) is 11.1. The first-order valence-electron chi connectivity index (χ1n) is 6.96. The zero-order valence-corrected chi connectivity index (χ0v) is 13.6. The highest BCUT2D eigenvalue weighted by Gasteiger charge is 2.08. The lowest BCUT2D eigenvalue weighted by Crippen LogP contribution is -2.04. The molecule has 0 amide bonds. The van der Waals surface area contributed by atoms with Gasteiger partial charge >= 0.3 is 0 Å². The van der Waals surface area contributed by atoms with Gasteiger partial charge in [-0.25, -0.2) is 15.0 Å². The molecule has 7 nitrogen and oxygen atoms in total. The molecule has 4 rings (SSSR count). The summed E-state index contributed by atoms with van der Waals surface area (Å²) >= 11 is 3.26. The first-order valence-corrected chi connectivity index (χ1v) is 8.82. The van der Waals surface area contributed by atoms with Crippen molar-refractivity contribution in [3.8, 4) is 0 Å². The zero-order chi connectivity index (χ0) is 15.6. The van der Waals surface area contributed by atoms with E-state index in [2.05, 4.69) is 36.3 Å². The molecule has 0 saturated heterocycles. The molecule has 23 heavy (non-hydrogen) atoms. The van der Waals surface area contributed by atoms with Crippen molar-refractivity contribution >= 4 is 56.1 Å². The Morgan fingerprint density at radius 1 is 1.26 bits per heavy atom. The highest BCUT2D eigenvalue weighted by atomic mass is 32.2. The standard InChI is InChI=1S/C14H13N7S2/c15-14-20-12-11(17-6-18-12)13(21-14)22-4-3-16-8-1-2-9-10(5-8)23-7-19-9/h1-2,5-7,16H,3-4H2,(H3,15,17,18,20,21). The molecule has 0 unspecified atom stereocenters. The van der Waals surface area contributed by atoms with Crippen LogP contribution in [-0.2, 0) is 0 Å². The molecule has 4 aromatic rings. The van der Waals surface area contributed by atoms with E-state index in [-0.39, 0.29) is 5.95 Å². The van der Waals surface area contributed by atoms with Crippen LogP contribution in [0.5, 0.6) is 0 Å². The van der Waals surface area contributed by atoms with Gasteiger partial charge in [0, 0.05) is 18.0 Å². The Labute approximate surface area is 139 Å². The number of thioether (sulfide) groups is 1. The first kappa shape index (κ1) is 14.2. The van der Waals surface area contributed by atoms with Crippen LogP contribution in [0.15, 0.2) is 35.1 Å². The van der Waals surface area contributed by atoms with Crippen LogP contribution in [0.25, 0.3) is 21.4 Å². The summed E-state index contributed by atoms with van der Waals surface area (Å²) in [6.45, 7) is 0.814. The largest absolute Gasteiger partial charge is 0.384 e. The molecule has 0 atom stereocenters. The minimum Gasteiger partial charge on any atom is -0.384 e. The predicted octanol–water partition coefficient (Wildman–Crippen LogP) is 2.75. The molecule has 0 radical (unpaired) electrons. The van der Waals surface area contributed by atoms with E-state index in [0.29, 0.717) is 5.65 Å². The number of aromatic amines is 1. The molecule has 0 bridgehead atoms. The molecule has 3 heterocycles. The lowest BCUT2D eigenvalue weighted by Gasteiger charge is -2.06. The minimum atomic E-state index is 0.246. The van der Waals surface area contributed by atoms with Gasteiger partial charge < -0.3 is 16.0 Å². The van der Waals surface area contributed by atoms with Crippen molar-refractivity contribution < 1.29 is 0 Å². The Hall–Kier alpha value is -2.39. The topological polar surface area (TPSA) is 105 Å². The van der Waals surface area contributed by atoms with Gasteiger partial charge in [0.1, 0.15) is 10.5 Å². The second kappa shape index (κ2) is 6.01. The van der Waals surface area contributed by atoms with E-state index < -0.39 is 0 Å². The third-order valence-corrected chi connectivity index (χ3v) is 5.04. The fourth-order valence-electron chi connectivity index (χ4n) is 2.24. The molecule has 116 valence electrons. The van der Waals surface area contributed by atoms with Gasteiger partial charge in [-0.15, -0.1) is 23.1 Å². The molecule has 4 N–H and O–H groups in total. The van der Waals surface area contributed by atoms with Crippen LogP contribution in [0.1, 0.15) is 0 Å². The van der Waals surface area contributed by atoms with Crippen molar-refractivity contribution in [3.63, 3.8) is 0 Å². The predicted molar refractivity (Wildman–Crippen MR) is 94.9 cm³/mol. The molecule has 0 spiro atoms. The van der Waals surface area contributed by atoms with E-state index in [0.717, 1.165) is 34.0 Å². The number of nitrogens with two attached hydrogens (primary N) is 1. The summed E-state index contributed by atoms with van der Waals surface area (Å²) in [6, 6.07) is 6.19. The highest BCUT2D eigenvalue weighted by molar-refractivity contribution is 7.99. The number of rotatable bonds is 5. The van der Waals surface area contributed by atoms with E-state index in [9.17, 15) is 0 Å². The number of benzene rings is 1. The number of aromatic nitrogens is 5. The number of fused-ring (bicyclic) bond motifs is 2. The number of anilines is 2. The van der Waals surface area contributed by atoms with E-state index in [1.54, 1.807) is 29.4 Å². The number of H-pyrrole nitrogens is 1. The second-order valence-electron chi connectivity index (χ2n) is 4.80. The lowest BCUT2D eigenvalue weighted by atomic mass is 10.3. The number of hydrogen-bond acceptors (Lipinski definition) is 8. The van der Waals surface area contributed by atoms with Crippen molar-refractivity contribution in [1.29, 1.82) is 0 Å². The SMILES string of the molecule is Nc1nc(SCCNc2ccc3ncsc3c2)c2[nH]cnc2n1. The number of imidazole rings is 1. The van der Waals surface area contributed by atoms with Crippen molar-refractivity contribution in [2.24, 2.45) is 0 Å². The van der Waals surface area contributed by atoms with Crippen LogP contribution in [0.2, 0.25) is 0 Å². The van der Waals surface area contributed by atoms with E-state index in [1.165, 1.54) is 4.70 Å². The maximum atomic E-state index is 5.71. The van der Waals surface area contributed by atoms with Crippen molar-refractivity contribution in [2.45, 2.75) is 5.03 Å². The van der Waals surface area contributed by atoms with Crippen molar-refractivity contribution in [3.05, 3.63) is 30.0 Å². The quantitative estimate of drug-likeness (QED) is 0.291. The average molecular weight is 343 g/mol. The summed E-state index contributed by atoms with van der Waals surface area (Å²) in [7, 11) is 0. The average Bonchev–Trinajstić information content (AvgIpc) is 3.19. The Bertz CT molecular complexity index is 962. The Kier molecular flexibility index (Phi) is 3.72. The third-order valence-electron chi connectivity index (χ3n) is 3.27. The molecular formula is C14H13N7S2. The van der Waals surface area contributed by atoms with Gasteiger partial charge in [0.2, 0.25) is 5.95 Å². The summed E-state index contributed by atoms with van der Waals surface area (Å²) in [5, 5.41) is 4.23. The third kappa shape index (κ3) is 2.92. The zero-order valence-electron chi connectivity index (χ0n) is 12.0. The van der Waals surface area contributed by atoms with Crippen molar-refractivity contribution in [1.82, 2.24) is 24.9 Å². The normalized spacial score (nSPS) is 11.3. The van der Waals surface area contributed by atoms with E-state index >= 15 is 0 Å². The molecule has 9 heteroatoms. The minimum absolute atomic E-state index is 0.246. The summed E-state index contributed by atoms with van der Waals surface area (Å²) in [4.78, 5) is 19.8. The first-order chi connectivity index (χ1) is 11.3. The van der Waals surface area contributed by atoms with E-state index in [4.69, 9.17) is 5.73 Å². The van der Waals surface area contributed by atoms with Crippen LogP contribution in [0, 0.1) is 0 Å². The Balaban J connectivity index is 1.40. The van der Waals surface area contributed by atoms with Gasteiger partial charge in [-0.3, -0.25) is 0 Å². The molecule has 1 aromatic carbocycles. The number of hydrogen-bond donors (Lipinski definition) is 3. The maximum Gasteiger partial charge on any atom is 0.223 e. The molecule has 0 aliphatic rings. The van der Waals surface area contributed by atoms with Crippen LogP contribution in [0.3, 0.4) is 0 Å². The summed E-state index contributed by atoms with van der Waals surface area (Å²) < 4.78 is 1.19. The maximum absolute atomic E-state index is 5.71. The molecule has 0 aliphatic heterocycles. The lowest BCUT2D eigenvalue weighted by molar-refractivity contribution is 1.10. The number of thiazole rings is 1. The highest BCUT2D eigenvalue weighted by Crippen LogP contribution is 2.24. The molecular weight excluding hydrogens is 330 g/mol. The molecule has 0 aliphatic carbocycles. The smallest absolute Gasteiger partial charge is 0.223 e. The summed E-state index contributed by atoms with van der Waals surface area (Å²) in [6.07, 6.45) is 1.60. The van der Waals surface area contributed by atoms with Gasteiger partial charge in [0.25, 0.3) is 0 Å². The second-order valence-corrected chi connectivity index (χ2v) is 6.77. The van der Waals surface area contributed by atoms with Crippen LogP contribution in [-0.4, -0.2) is 37.2 Å². The monoisotopic (exact) mass is 343 g/mol. The number of nitrogens with one attached hydrogen (secondary N) is 2. The Morgan fingerprint density at radius 2 is 2.22 bits per heavy atom. The van der Waals surface area contributed by atoms with Crippen LogP contribution < -0.4 is 11.1 Å². The molecule has 3 aromatic heterocycles. The van der Waals surface area contributed by atoms with E-state index in [1.807, 2.05) is 17.6 Å². The Morgan fingerprint density at radius 3 is 3.17 bits per heavy atom.